The molecule has 0 saturated heterocycles. The number of nitrogens with two attached hydrogens (primary N) is 1. The fourth-order valence-electron chi connectivity index (χ4n) is 3.50. The lowest BCUT2D eigenvalue weighted by molar-refractivity contribution is 0.242. The predicted octanol–water partition coefficient (Wildman–Crippen LogP) is 2.71. The van der Waals surface area contributed by atoms with Crippen molar-refractivity contribution in [1.29, 1.82) is 0 Å². The third-order valence-electron chi connectivity index (χ3n) is 4.80. The smallest absolute Gasteiger partial charge is 0.140 e. The van der Waals surface area contributed by atoms with E-state index in [1.165, 1.54) is 43.2 Å². The minimum atomic E-state index is 0.338. The molecule has 21 heavy (non-hydrogen) atoms. The van der Waals surface area contributed by atoms with Gasteiger partial charge in [-0.15, -0.1) is 0 Å². The van der Waals surface area contributed by atoms with Gasteiger partial charge in [0.05, 0.1) is 0 Å². The SMILES string of the molecule is NC(CCN(CC1CCCc2ccccc21)C1CC1)=NO. The zero-order valence-corrected chi connectivity index (χ0v) is 12.5. The van der Waals surface area contributed by atoms with Crippen LogP contribution >= 0.6 is 0 Å². The molecular formula is C17H25N3O. The van der Waals surface area contributed by atoms with Crippen molar-refractivity contribution in [2.45, 2.75) is 50.5 Å². The molecule has 0 bridgehead atoms. The van der Waals surface area contributed by atoms with E-state index in [1.54, 1.807) is 0 Å². The van der Waals surface area contributed by atoms with Gasteiger partial charge in [-0.2, -0.15) is 0 Å². The number of fused-ring (bicyclic) bond motifs is 1. The summed E-state index contributed by atoms with van der Waals surface area (Å²) in [5.74, 6) is 0.979. The maximum absolute atomic E-state index is 8.70. The van der Waals surface area contributed by atoms with E-state index in [0.717, 1.165) is 13.1 Å². The number of amidine groups is 1. The van der Waals surface area contributed by atoms with Crippen molar-refractivity contribution in [3.05, 3.63) is 35.4 Å². The zero-order chi connectivity index (χ0) is 14.7. The maximum Gasteiger partial charge on any atom is 0.140 e. The molecule has 4 heteroatoms. The van der Waals surface area contributed by atoms with Crippen LogP contribution in [0.4, 0.5) is 0 Å². The lowest BCUT2D eigenvalue weighted by atomic mass is 9.82. The van der Waals surface area contributed by atoms with Gasteiger partial charge in [0.25, 0.3) is 0 Å². The Hall–Kier alpha value is -1.55. The highest BCUT2D eigenvalue weighted by molar-refractivity contribution is 5.79. The highest BCUT2D eigenvalue weighted by Gasteiger charge is 2.31. The molecule has 3 rings (SSSR count). The maximum atomic E-state index is 8.70. The van der Waals surface area contributed by atoms with Gasteiger partial charge in [0.2, 0.25) is 0 Å². The molecule has 3 N–H and O–H groups in total. The molecule has 114 valence electrons. The number of nitrogens with zero attached hydrogens (tertiary/aromatic N) is 2. The lowest BCUT2D eigenvalue weighted by Gasteiger charge is -2.31. The van der Waals surface area contributed by atoms with Gasteiger partial charge in [0, 0.05) is 25.6 Å². The molecule has 0 spiro atoms. The minimum Gasteiger partial charge on any atom is -0.409 e. The second-order valence-electron chi connectivity index (χ2n) is 6.36. The summed E-state index contributed by atoms with van der Waals surface area (Å²) in [7, 11) is 0. The van der Waals surface area contributed by atoms with Crippen molar-refractivity contribution < 1.29 is 5.21 Å². The fourth-order valence-corrected chi connectivity index (χ4v) is 3.50. The second kappa shape index (κ2) is 6.48. The van der Waals surface area contributed by atoms with Gasteiger partial charge in [0.15, 0.2) is 0 Å². The van der Waals surface area contributed by atoms with E-state index in [9.17, 15) is 0 Å². The second-order valence-corrected chi connectivity index (χ2v) is 6.36. The average Bonchev–Trinajstić information content (AvgIpc) is 3.36. The Bertz CT molecular complexity index is 511. The number of rotatable bonds is 6. The van der Waals surface area contributed by atoms with E-state index in [2.05, 4.69) is 34.3 Å². The van der Waals surface area contributed by atoms with Crippen LogP contribution in [0.3, 0.4) is 0 Å². The summed E-state index contributed by atoms with van der Waals surface area (Å²) in [6.07, 6.45) is 7.04. The van der Waals surface area contributed by atoms with E-state index in [1.807, 2.05) is 0 Å². The van der Waals surface area contributed by atoms with Gasteiger partial charge in [-0.1, -0.05) is 29.4 Å². The third kappa shape index (κ3) is 3.56. The average molecular weight is 287 g/mol. The van der Waals surface area contributed by atoms with Gasteiger partial charge in [-0.05, 0) is 49.1 Å². The Morgan fingerprint density at radius 1 is 1.29 bits per heavy atom. The molecule has 1 saturated carbocycles. The van der Waals surface area contributed by atoms with Crippen molar-refractivity contribution in [2.24, 2.45) is 10.9 Å². The van der Waals surface area contributed by atoms with E-state index < -0.39 is 0 Å². The van der Waals surface area contributed by atoms with Crippen molar-refractivity contribution in [2.75, 3.05) is 13.1 Å². The van der Waals surface area contributed by atoms with Crippen molar-refractivity contribution >= 4 is 5.84 Å². The fraction of sp³-hybridized carbons (Fsp3) is 0.588. The molecule has 0 aliphatic heterocycles. The van der Waals surface area contributed by atoms with Crippen LogP contribution in [-0.4, -0.2) is 35.1 Å². The Kier molecular flexibility index (Phi) is 4.44. The molecular weight excluding hydrogens is 262 g/mol. The van der Waals surface area contributed by atoms with Gasteiger partial charge in [-0.25, -0.2) is 0 Å². The zero-order valence-electron chi connectivity index (χ0n) is 12.5. The first-order valence-electron chi connectivity index (χ1n) is 8.06. The Balaban J connectivity index is 1.66. The molecule has 1 unspecified atom stereocenters. The molecule has 4 nitrogen and oxygen atoms in total. The molecule has 0 aromatic heterocycles. The van der Waals surface area contributed by atoms with Crippen LogP contribution in [0.1, 0.15) is 49.1 Å². The Morgan fingerprint density at radius 3 is 2.86 bits per heavy atom. The number of hydrogen-bond donors (Lipinski definition) is 2. The lowest BCUT2D eigenvalue weighted by Crippen LogP contribution is -2.34. The quantitative estimate of drug-likeness (QED) is 0.366. The summed E-state index contributed by atoms with van der Waals surface area (Å²) >= 11 is 0. The van der Waals surface area contributed by atoms with Crippen molar-refractivity contribution in [3.63, 3.8) is 0 Å². The monoisotopic (exact) mass is 287 g/mol. The molecule has 1 aromatic rings. The highest BCUT2D eigenvalue weighted by Crippen LogP contribution is 2.35. The highest BCUT2D eigenvalue weighted by atomic mass is 16.4. The first-order chi connectivity index (χ1) is 10.3. The standard InChI is InChI=1S/C17H25N3O/c18-17(19-21)10-11-20(15-8-9-15)12-14-6-3-5-13-4-1-2-7-16(13)14/h1-2,4,7,14-15,21H,3,5-6,8-12H2,(H2,18,19). The third-order valence-corrected chi connectivity index (χ3v) is 4.80. The molecule has 1 fully saturated rings. The summed E-state index contributed by atoms with van der Waals surface area (Å²) < 4.78 is 0. The Morgan fingerprint density at radius 2 is 2.10 bits per heavy atom. The molecule has 0 heterocycles. The van der Waals surface area contributed by atoms with E-state index in [-0.39, 0.29) is 0 Å². The van der Waals surface area contributed by atoms with E-state index >= 15 is 0 Å². The Labute approximate surface area is 126 Å². The summed E-state index contributed by atoms with van der Waals surface area (Å²) in [5.41, 5.74) is 8.69. The van der Waals surface area contributed by atoms with Crippen LogP contribution in [-0.2, 0) is 6.42 Å². The first-order valence-corrected chi connectivity index (χ1v) is 8.06. The van der Waals surface area contributed by atoms with Crippen LogP contribution in [0.2, 0.25) is 0 Å². The predicted molar refractivity (Wildman–Crippen MR) is 84.7 cm³/mol. The van der Waals surface area contributed by atoms with Gasteiger partial charge in [-0.3, -0.25) is 4.90 Å². The van der Waals surface area contributed by atoms with Gasteiger partial charge >= 0.3 is 0 Å². The normalized spacial score (nSPS) is 22.3. The van der Waals surface area contributed by atoms with Crippen LogP contribution in [0.5, 0.6) is 0 Å². The number of oxime groups is 1. The molecule has 0 radical (unpaired) electrons. The van der Waals surface area contributed by atoms with Crippen LogP contribution in [0.15, 0.2) is 29.4 Å². The van der Waals surface area contributed by atoms with Gasteiger partial charge in [0.1, 0.15) is 5.84 Å². The number of aryl methyl sites for hydroxylation is 1. The molecule has 2 aliphatic rings. The van der Waals surface area contributed by atoms with Crippen LogP contribution in [0, 0.1) is 0 Å². The molecule has 2 aliphatic carbocycles. The molecule has 0 amide bonds. The van der Waals surface area contributed by atoms with Crippen LogP contribution in [0.25, 0.3) is 0 Å². The van der Waals surface area contributed by atoms with Gasteiger partial charge < -0.3 is 10.9 Å². The number of hydrogen-bond acceptors (Lipinski definition) is 3. The minimum absolute atomic E-state index is 0.338. The van der Waals surface area contributed by atoms with Crippen molar-refractivity contribution in [3.8, 4) is 0 Å². The summed E-state index contributed by atoms with van der Waals surface area (Å²) in [5, 5.41) is 11.8. The largest absolute Gasteiger partial charge is 0.409 e. The molecule has 1 atom stereocenters. The topological polar surface area (TPSA) is 61.8 Å². The van der Waals surface area contributed by atoms with E-state index in [0.29, 0.717) is 24.2 Å². The van der Waals surface area contributed by atoms with Crippen molar-refractivity contribution in [1.82, 2.24) is 4.90 Å². The van der Waals surface area contributed by atoms with Crippen LogP contribution < -0.4 is 5.73 Å². The summed E-state index contributed by atoms with van der Waals surface area (Å²) in [6.45, 7) is 2.01. The van der Waals surface area contributed by atoms with E-state index in [4.69, 9.17) is 10.9 Å². The summed E-state index contributed by atoms with van der Waals surface area (Å²) in [4.78, 5) is 2.55. The summed E-state index contributed by atoms with van der Waals surface area (Å²) in [6, 6.07) is 9.60. The molecule has 1 aromatic carbocycles. The first kappa shape index (κ1) is 14.4. The number of benzene rings is 1.